The predicted octanol–water partition coefficient (Wildman–Crippen LogP) is 2.92. The fourth-order valence-corrected chi connectivity index (χ4v) is 3.10. The quantitative estimate of drug-likeness (QED) is 0.459. The first-order valence-electron chi connectivity index (χ1n) is 8.67. The Labute approximate surface area is 154 Å². The second-order valence-electron chi connectivity index (χ2n) is 6.95. The van der Waals surface area contributed by atoms with Crippen LogP contribution in [0.1, 0.15) is 55.4 Å². The maximum Gasteiger partial charge on any atom is 0.178 e. The van der Waals surface area contributed by atoms with Crippen LogP contribution in [-0.4, -0.2) is 47.3 Å². The monoisotopic (exact) mass is 355 g/mol. The smallest absolute Gasteiger partial charge is 0.178 e. The van der Waals surface area contributed by atoms with Crippen LogP contribution in [0, 0.1) is 18.3 Å². The molecule has 1 aromatic rings. The fourth-order valence-electron chi connectivity index (χ4n) is 3.10. The number of hydrogen-bond donors (Lipinski definition) is 0. The summed E-state index contributed by atoms with van der Waals surface area (Å²) in [5.41, 5.74) is 2.03. The number of hydrogen-bond acceptors (Lipinski definition) is 6. The van der Waals surface area contributed by atoms with E-state index in [-0.39, 0.29) is 22.7 Å². The van der Waals surface area contributed by atoms with E-state index in [0.29, 0.717) is 30.2 Å². The predicted molar refractivity (Wildman–Crippen MR) is 98.4 cm³/mol. The molecular formula is C20H25N3O3. The van der Waals surface area contributed by atoms with Gasteiger partial charge in [-0.1, -0.05) is 6.07 Å². The summed E-state index contributed by atoms with van der Waals surface area (Å²) in [6, 6.07) is 5.51. The van der Waals surface area contributed by atoms with E-state index in [1.165, 1.54) is 13.8 Å². The van der Waals surface area contributed by atoms with E-state index in [2.05, 4.69) is 11.9 Å². The summed E-state index contributed by atoms with van der Waals surface area (Å²) in [5.74, 6) is -0.463. The number of carbonyl (C=O) groups excluding carboxylic acids is 2. The van der Waals surface area contributed by atoms with E-state index >= 15 is 0 Å². The number of carbonyl (C=O) groups is 2. The molecule has 1 aromatic heterocycles. The van der Waals surface area contributed by atoms with Crippen LogP contribution in [0.4, 0.5) is 0 Å². The number of nitriles is 1. The number of aromatic nitrogens is 1. The van der Waals surface area contributed by atoms with Crippen molar-refractivity contribution in [2.75, 3.05) is 20.2 Å². The van der Waals surface area contributed by atoms with Crippen molar-refractivity contribution in [3.8, 4) is 6.07 Å². The van der Waals surface area contributed by atoms with E-state index in [1.54, 1.807) is 19.2 Å². The van der Waals surface area contributed by atoms with Crippen LogP contribution >= 0.6 is 0 Å². The Morgan fingerprint density at radius 2 is 1.88 bits per heavy atom. The van der Waals surface area contributed by atoms with E-state index in [1.807, 2.05) is 17.9 Å². The van der Waals surface area contributed by atoms with Crippen molar-refractivity contribution >= 4 is 17.3 Å². The summed E-state index contributed by atoms with van der Waals surface area (Å²) in [6.07, 6.45) is 1.55. The molecule has 0 amide bonds. The third kappa shape index (κ3) is 4.00. The molecule has 26 heavy (non-hydrogen) atoms. The molecule has 0 aromatic carbocycles. The largest absolute Gasteiger partial charge is 0.378 e. The van der Waals surface area contributed by atoms with Crippen LogP contribution in [0.3, 0.4) is 0 Å². The van der Waals surface area contributed by atoms with Gasteiger partial charge in [-0.15, -0.1) is 0 Å². The van der Waals surface area contributed by atoms with Gasteiger partial charge in [-0.2, -0.15) is 5.26 Å². The standard InChI is InChI=1S/C20H25N3O3/c1-13-6-7-17(15(3)25)22-18(13)19(16(12-21)14(2)24)23-10-8-20(4,26-5)9-11-23/h6-7H,8-11H2,1-5H3/b19-16+. The van der Waals surface area contributed by atoms with Gasteiger partial charge in [0.15, 0.2) is 11.6 Å². The first-order valence-corrected chi connectivity index (χ1v) is 8.67. The Morgan fingerprint density at radius 1 is 1.27 bits per heavy atom. The summed E-state index contributed by atoms with van der Waals surface area (Å²) < 4.78 is 5.59. The van der Waals surface area contributed by atoms with Gasteiger partial charge in [0.25, 0.3) is 0 Å². The highest BCUT2D eigenvalue weighted by molar-refractivity contribution is 6.04. The van der Waals surface area contributed by atoms with E-state index in [4.69, 9.17) is 4.74 Å². The molecule has 1 aliphatic heterocycles. The van der Waals surface area contributed by atoms with E-state index < -0.39 is 0 Å². The van der Waals surface area contributed by atoms with Gasteiger partial charge in [0.05, 0.1) is 17.0 Å². The zero-order chi connectivity index (χ0) is 19.5. The number of likely N-dealkylation sites (tertiary alicyclic amines) is 1. The molecule has 0 unspecified atom stereocenters. The van der Waals surface area contributed by atoms with Crippen LogP contribution in [-0.2, 0) is 9.53 Å². The average Bonchev–Trinajstić information content (AvgIpc) is 2.61. The van der Waals surface area contributed by atoms with Crippen LogP contribution in [0.25, 0.3) is 5.70 Å². The Kier molecular flexibility index (Phi) is 5.94. The highest BCUT2D eigenvalue weighted by atomic mass is 16.5. The summed E-state index contributed by atoms with van der Waals surface area (Å²) in [5, 5.41) is 9.60. The number of rotatable bonds is 5. The number of pyridine rings is 1. The Balaban J connectivity index is 2.59. The number of aryl methyl sites for hydroxylation is 1. The van der Waals surface area contributed by atoms with Crippen molar-refractivity contribution in [1.29, 1.82) is 5.26 Å². The summed E-state index contributed by atoms with van der Waals surface area (Å²) in [6.45, 7) is 8.04. The van der Waals surface area contributed by atoms with Crippen LogP contribution in [0.5, 0.6) is 0 Å². The van der Waals surface area contributed by atoms with E-state index in [9.17, 15) is 14.9 Å². The summed E-state index contributed by atoms with van der Waals surface area (Å²) in [4.78, 5) is 30.4. The molecular weight excluding hydrogens is 330 g/mol. The van der Waals surface area contributed by atoms with Gasteiger partial charge in [0, 0.05) is 27.1 Å². The third-order valence-corrected chi connectivity index (χ3v) is 5.01. The van der Waals surface area contributed by atoms with Gasteiger partial charge in [-0.3, -0.25) is 9.59 Å². The minimum absolute atomic E-state index is 0.0716. The number of Topliss-reactive ketones (excluding diaryl/α,β-unsaturated/α-hetero) is 2. The minimum atomic E-state index is -0.308. The lowest BCUT2D eigenvalue weighted by Crippen LogP contribution is -2.43. The highest BCUT2D eigenvalue weighted by Crippen LogP contribution is 2.32. The van der Waals surface area contributed by atoms with Crippen molar-refractivity contribution in [2.24, 2.45) is 0 Å². The molecule has 0 bridgehead atoms. The Morgan fingerprint density at radius 3 is 2.35 bits per heavy atom. The van der Waals surface area contributed by atoms with Crippen molar-refractivity contribution in [3.05, 3.63) is 34.7 Å². The lowest BCUT2D eigenvalue weighted by molar-refractivity contribution is -0.113. The molecule has 0 N–H and O–H groups in total. The lowest BCUT2D eigenvalue weighted by Gasteiger charge is -2.40. The molecule has 2 heterocycles. The molecule has 1 aliphatic rings. The zero-order valence-corrected chi connectivity index (χ0v) is 16.0. The first kappa shape index (κ1) is 19.8. The zero-order valence-electron chi connectivity index (χ0n) is 16.0. The maximum absolute atomic E-state index is 12.1. The normalized spacial score (nSPS) is 17.3. The molecule has 0 saturated carbocycles. The highest BCUT2D eigenvalue weighted by Gasteiger charge is 2.33. The van der Waals surface area contributed by atoms with Gasteiger partial charge in [0.2, 0.25) is 0 Å². The second kappa shape index (κ2) is 7.79. The third-order valence-electron chi connectivity index (χ3n) is 5.01. The SMILES string of the molecule is COC1(C)CCN(/C(=C(\C#N)C(C)=O)c2nc(C(C)=O)ccc2C)CC1. The number of methoxy groups -OCH3 is 1. The Bertz CT molecular complexity index is 797. The minimum Gasteiger partial charge on any atom is -0.378 e. The lowest BCUT2D eigenvalue weighted by atomic mass is 9.91. The van der Waals surface area contributed by atoms with Crippen molar-refractivity contribution in [3.63, 3.8) is 0 Å². The van der Waals surface area contributed by atoms with Crippen molar-refractivity contribution in [2.45, 2.75) is 46.1 Å². The van der Waals surface area contributed by atoms with Gasteiger partial charge in [0.1, 0.15) is 17.3 Å². The Hall–Kier alpha value is -2.52. The topological polar surface area (TPSA) is 83.3 Å². The summed E-state index contributed by atoms with van der Waals surface area (Å²) in [7, 11) is 1.70. The molecule has 1 fully saturated rings. The van der Waals surface area contributed by atoms with Crippen LogP contribution in [0.15, 0.2) is 17.7 Å². The van der Waals surface area contributed by atoms with Gasteiger partial charge >= 0.3 is 0 Å². The van der Waals surface area contributed by atoms with Gasteiger partial charge in [-0.05, 0) is 45.2 Å². The van der Waals surface area contributed by atoms with E-state index in [0.717, 1.165) is 18.4 Å². The van der Waals surface area contributed by atoms with Gasteiger partial charge < -0.3 is 9.64 Å². The number of nitrogens with zero attached hydrogens (tertiary/aromatic N) is 3. The van der Waals surface area contributed by atoms with Crippen molar-refractivity contribution < 1.29 is 14.3 Å². The summed E-state index contributed by atoms with van der Waals surface area (Å²) >= 11 is 0. The molecule has 0 spiro atoms. The molecule has 6 heteroatoms. The fraction of sp³-hybridized carbons (Fsp3) is 0.500. The second-order valence-corrected chi connectivity index (χ2v) is 6.95. The molecule has 0 aliphatic carbocycles. The number of allylic oxidation sites excluding steroid dienone is 1. The van der Waals surface area contributed by atoms with Gasteiger partial charge in [-0.25, -0.2) is 4.98 Å². The average molecular weight is 355 g/mol. The number of ether oxygens (including phenoxy) is 1. The number of piperidine rings is 1. The molecule has 138 valence electrons. The molecule has 0 atom stereocenters. The van der Waals surface area contributed by atoms with Crippen LogP contribution in [0.2, 0.25) is 0 Å². The molecule has 6 nitrogen and oxygen atoms in total. The molecule has 2 rings (SSSR count). The first-order chi connectivity index (χ1) is 12.2. The molecule has 1 saturated heterocycles. The van der Waals surface area contributed by atoms with Crippen molar-refractivity contribution in [1.82, 2.24) is 9.88 Å². The van der Waals surface area contributed by atoms with Crippen LogP contribution < -0.4 is 0 Å². The molecule has 0 radical (unpaired) electrons. The number of ketones is 2. The maximum atomic E-state index is 12.1.